The Morgan fingerprint density at radius 2 is 1.89 bits per heavy atom. The minimum atomic E-state index is -0.455. The summed E-state index contributed by atoms with van der Waals surface area (Å²) in [5.74, 6) is 0.946. The molecule has 35 heavy (non-hydrogen) atoms. The van der Waals surface area contributed by atoms with Crippen molar-refractivity contribution < 1.29 is 14.3 Å². The van der Waals surface area contributed by atoms with Gasteiger partial charge in [-0.3, -0.25) is 9.36 Å². The van der Waals surface area contributed by atoms with Gasteiger partial charge in [0, 0.05) is 17.0 Å². The largest absolute Gasteiger partial charge is 0.496 e. The molecular weight excluding hydrogens is 468 g/mol. The average molecular weight is 495 g/mol. The number of para-hydroxylation sites is 1. The van der Waals surface area contributed by atoms with E-state index in [1.54, 1.807) is 23.8 Å². The zero-order valence-electron chi connectivity index (χ0n) is 19.9. The fraction of sp³-hybridized carbons (Fsp3) is 0.308. The summed E-state index contributed by atoms with van der Waals surface area (Å²) in [7, 11) is 1.59. The van der Waals surface area contributed by atoms with E-state index in [1.807, 2.05) is 43.3 Å². The zero-order chi connectivity index (χ0) is 24.9. The number of aryl methyl sites for hydroxylation is 1. The van der Waals surface area contributed by atoms with Gasteiger partial charge in [-0.25, -0.2) is 0 Å². The molecule has 0 fully saturated rings. The van der Waals surface area contributed by atoms with Gasteiger partial charge in [-0.2, -0.15) is 4.98 Å². The highest BCUT2D eigenvalue weighted by Crippen LogP contribution is 2.30. The second-order valence-electron chi connectivity index (χ2n) is 8.23. The molecule has 0 spiro atoms. The van der Waals surface area contributed by atoms with Gasteiger partial charge in [-0.05, 0) is 37.1 Å². The van der Waals surface area contributed by atoms with Crippen LogP contribution in [0.5, 0.6) is 11.6 Å². The van der Waals surface area contributed by atoms with Crippen LogP contribution in [0.3, 0.4) is 0 Å². The van der Waals surface area contributed by atoms with Crippen molar-refractivity contribution in [2.24, 2.45) is 0 Å². The highest BCUT2D eigenvalue weighted by atomic mass is 35.5. The first-order chi connectivity index (χ1) is 16.9. The van der Waals surface area contributed by atoms with Gasteiger partial charge in [0.2, 0.25) is 11.8 Å². The Bertz CT molecular complexity index is 1360. The van der Waals surface area contributed by atoms with Gasteiger partial charge in [-0.1, -0.05) is 55.3 Å². The molecule has 0 bridgehead atoms. The van der Waals surface area contributed by atoms with Gasteiger partial charge in [-0.15, -0.1) is 10.2 Å². The van der Waals surface area contributed by atoms with Gasteiger partial charge >= 0.3 is 0 Å². The van der Waals surface area contributed by atoms with E-state index in [2.05, 4.69) is 22.1 Å². The number of aromatic hydroxyl groups is 1. The monoisotopic (exact) mass is 494 g/mol. The average Bonchev–Trinajstić information content (AvgIpc) is 3.31. The normalized spacial score (nSPS) is 12.0. The highest BCUT2D eigenvalue weighted by molar-refractivity contribution is 6.30. The van der Waals surface area contributed by atoms with Crippen LogP contribution in [0, 0.1) is 0 Å². The molecule has 0 aliphatic heterocycles. The van der Waals surface area contributed by atoms with Crippen LogP contribution in [0.25, 0.3) is 11.5 Å². The quantitative estimate of drug-likeness (QED) is 0.341. The summed E-state index contributed by atoms with van der Waals surface area (Å²) < 4.78 is 12.9. The molecule has 2 aromatic heterocycles. The number of ether oxygens (including phenoxy) is 1. The summed E-state index contributed by atoms with van der Waals surface area (Å²) in [6, 6.07) is 14.4. The fourth-order valence-electron chi connectivity index (χ4n) is 4.02. The molecule has 182 valence electrons. The Hall–Kier alpha value is -3.65. The smallest absolute Gasteiger partial charge is 0.270 e. The summed E-state index contributed by atoms with van der Waals surface area (Å²) >= 11 is 5.95. The van der Waals surface area contributed by atoms with Crippen molar-refractivity contribution in [2.75, 3.05) is 7.11 Å². The van der Waals surface area contributed by atoms with Crippen LogP contribution < -0.4 is 10.3 Å². The molecule has 2 heterocycles. The van der Waals surface area contributed by atoms with Crippen LogP contribution in [0.1, 0.15) is 55.6 Å². The predicted molar refractivity (Wildman–Crippen MR) is 133 cm³/mol. The molecule has 2 aromatic carbocycles. The van der Waals surface area contributed by atoms with E-state index in [1.165, 1.54) is 0 Å². The third-order valence-electron chi connectivity index (χ3n) is 5.85. The standard InChI is InChI=1S/C26H27ClN4O4/c1-4-5-10-21-28-24(32)23(25-30-29-22(35-25)15-17-11-13-18(27)14-12-17)26(33)31(21)16(2)19-8-6-7-9-20(19)34-3/h6-9,11-14,16,32H,4-5,10,15H2,1-3H3/t16-/m1/s1. The molecular formula is C26H27ClN4O4. The number of aromatic nitrogens is 4. The van der Waals surface area contributed by atoms with Crippen molar-refractivity contribution in [1.82, 2.24) is 19.7 Å². The van der Waals surface area contributed by atoms with Gasteiger partial charge in [0.15, 0.2) is 5.56 Å². The molecule has 1 N–H and O–H groups in total. The van der Waals surface area contributed by atoms with E-state index < -0.39 is 17.5 Å². The van der Waals surface area contributed by atoms with Gasteiger partial charge < -0.3 is 14.3 Å². The van der Waals surface area contributed by atoms with Crippen LogP contribution in [-0.4, -0.2) is 32.0 Å². The van der Waals surface area contributed by atoms with E-state index in [4.69, 9.17) is 20.8 Å². The van der Waals surface area contributed by atoms with Gasteiger partial charge in [0.1, 0.15) is 11.6 Å². The lowest BCUT2D eigenvalue weighted by Gasteiger charge is -2.22. The number of unbranched alkanes of at least 4 members (excludes halogenated alkanes) is 1. The summed E-state index contributed by atoms with van der Waals surface area (Å²) in [6.07, 6.45) is 2.62. The Balaban J connectivity index is 1.78. The molecule has 0 unspecified atom stereocenters. The third-order valence-corrected chi connectivity index (χ3v) is 6.10. The number of nitrogens with zero attached hydrogens (tertiary/aromatic N) is 4. The number of methoxy groups -OCH3 is 1. The molecule has 9 heteroatoms. The van der Waals surface area contributed by atoms with Gasteiger partial charge in [0.05, 0.1) is 19.6 Å². The second kappa shape index (κ2) is 10.7. The van der Waals surface area contributed by atoms with E-state index in [9.17, 15) is 9.90 Å². The number of hydrogen-bond donors (Lipinski definition) is 1. The highest BCUT2D eigenvalue weighted by Gasteiger charge is 2.26. The predicted octanol–water partition coefficient (Wildman–Crippen LogP) is 5.20. The van der Waals surface area contributed by atoms with Crippen molar-refractivity contribution in [3.63, 3.8) is 0 Å². The minimum Gasteiger partial charge on any atom is -0.496 e. The second-order valence-corrected chi connectivity index (χ2v) is 8.66. The number of benzene rings is 2. The third kappa shape index (κ3) is 5.22. The first kappa shape index (κ1) is 24.5. The van der Waals surface area contributed by atoms with Crippen LogP contribution in [0.15, 0.2) is 57.7 Å². The maximum atomic E-state index is 13.8. The topological polar surface area (TPSA) is 103 Å². The molecule has 4 rings (SSSR count). The molecule has 0 aliphatic carbocycles. The Morgan fingerprint density at radius 3 is 2.60 bits per heavy atom. The molecule has 0 aliphatic rings. The van der Waals surface area contributed by atoms with E-state index in [0.29, 0.717) is 35.3 Å². The maximum Gasteiger partial charge on any atom is 0.270 e. The van der Waals surface area contributed by atoms with Crippen molar-refractivity contribution in [2.45, 2.75) is 45.6 Å². The van der Waals surface area contributed by atoms with Crippen LogP contribution in [0.2, 0.25) is 5.02 Å². The van der Waals surface area contributed by atoms with Crippen molar-refractivity contribution in [3.8, 4) is 23.1 Å². The summed E-state index contributed by atoms with van der Waals surface area (Å²) in [6.45, 7) is 3.96. The fourth-order valence-corrected chi connectivity index (χ4v) is 4.14. The lowest BCUT2D eigenvalue weighted by atomic mass is 10.1. The molecule has 8 nitrogen and oxygen atoms in total. The minimum absolute atomic E-state index is 0.0769. The number of hydrogen-bond acceptors (Lipinski definition) is 7. The first-order valence-electron chi connectivity index (χ1n) is 11.5. The van der Waals surface area contributed by atoms with Crippen molar-refractivity contribution in [3.05, 3.63) is 86.7 Å². The Kier molecular flexibility index (Phi) is 7.51. The Morgan fingerprint density at radius 1 is 1.14 bits per heavy atom. The number of halogens is 1. The van der Waals surface area contributed by atoms with Gasteiger partial charge in [0.25, 0.3) is 11.4 Å². The SMILES string of the molecule is CCCCc1nc(O)c(-c2nnc(Cc3ccc(Cl)cc3)o2)c(=O)n1[C@H](C)c1ccccc1OC. The summed E-state index contributed by atoms with van der Waals surface area (Å²) in [4.78, 5) is 18.2. The lowest BCUT2D eigenvalue weighted by Crippen LogP contribution is -2.30. The molecule has 0 saturated heterocycles. The van der Waals surface area contributed by atoms with Crippen LogP contribution >= 0.6 is 11.6 Å². The summed E-state index contributed by atoms with van der Waals surface area (Å²) in [5, 5.41) is 19.5. The van der Waals surface area contributed by atoms with Crippen LogP contribution in [-0.2, 0) is 12.8 Å². The molecule has 0 amide bonds. The maximum absolute atomic E-state index is 13.8. The van der Waals surface area contributed by atoms with E-state index in [0.717, 1.165) is 24.0 Å². The molecule has 0 radical (unpaired) electrons. The van der Waals surface area contributed by atoms with Crippen molar-refractivity contribution >= 4 is 11.6 Å². The zero-order valence-corrected chi connectivity index (χ0v) is 20.6. The van der Waals surface area contributed by atoms with E-state index in [-0.39, 0.29) is 11.5 Å². The van der Waals surface area contributed by atoms with E-state index >= 15 is 0 Å². The molecule has 1 atom stereocenters. The Labute approximate surface area is 208 Å². The number of rotatable bonds is 9. The van der Waals surface area contributed by atoms with Crippen LogP contribution in [0.4, 0.5) is 0 Å². The first-order valence-corrected chi connectivity index (χ1v) is 11.8. The molecule has 4 aromatic rings. The summed E-state index contributed by atoms with van der Waals surface area (Å²) in [5.41, 5.74) is 1.16. The van der Waals surface area contributed by atoms with Crippen molar-refractivity contribution in [1.29, 1.82) is 0 Å². The molecule has 0 saturated carbocycles. The lowest BCUT2D eigenvalue weighted by molar-refractivity contribution is 0.398.